The van der Waals surface area contributed by atoms with Crippen LogP contribution in [0.1, 0.15) is 4.88 Å². The van der Waals surface area contributed by atoms with Crippen LogP contribution in [0.25, 0.3) is 0 Å². The average molecular weight is 329 g/mol. The van der Waals surface area contributed by atoms with E-state index in [4.69, 9.17) is 21.1 Å². The molecule has 1 rings (SSSR count). The molecule has 0 unspecified atom stereocenters. The zero-order valence-corrected chi connectivity index (χ0v) is 12.3. The van der Waals surface area contributed by atoms with Gasteiger partial charge >= 0.3 is 0 Å². The number of hydrogen-bond acceptors (Lipinski definition) is 4. The van der Waals surface area contributed by atoms with Gasteiger partial charge in [-0.3, -0.25) is 0 Å². The molecule has 0 saturated carbocycles. The molecule has 0 radical (unpaired) electrons. The SMILES string of the molecule is COCCOCCNCc1cc(Br)c(Cl)s1. The maximum Gasteiger partial charge on any atom is 0.107 e. The molecule has 1 aromatic rings. The lowest BCUT2D eigenvalue weighted by molar-refractivity contribution is 0.0719. The Bertz CT molecular complexity index is 290. The summed E-state index contributed by atoms with van der Waals surface area (Å²) in [5.74, 6) is 0. The third-order valence-corrected chi connectivity index (χ3v) is 4.33. The van der Waals surface area contributed by atoms with Crippen molar-refractivity contribution in [2.45, 2.75) is 6.54 Å². The summed E-state index contributed by atoms with van der Waals surface area (Å²) in [6.45, 7) is 3.64. The summed E-state index contributed by atoms with van der Waals surface area (Å²) in [7, 11) is 1.67. The van der Waals surface area contributed by atoms with Crippen molar-refractivity contribution >= 4 is 38.9 Å². The van der Waals surface area contributed by atoms with Gasteiger partial charge in [-0.25, -0.2) is 0 Å². The number of hydrogen-bond donors (Lipinski definition) is 1. The highest BCUT2D eigenvalue weighted by Crippen LogP contribution is 2.31. The number of ether oxygens (including phenoxy) is 2. The molecule has 0 bridgehead atoms. The minimum Gasteiger partial charge on any atom is -0.382 e. The average Bonchev–Trinajstić information content (AvgIpc) is 2.57. The summed E-state index contributed by atoms with van der Waals surface area (Å²) < 4.78 is 12.0. The predicted molar refractivity (Wildman–Crippen MR) is 71.4 cm³/mol. The second-order valence-electron chi connectivity index (χ2n) is 3.12. The van der Waals surface area contributed by atoms with Gasteiger partial charge in [0.2, 0.25) is 0 Å². The van der Waals surface area contributed by atoms with Crippen molar-refractivity contribution in [3.05, 3.63) is 19.8 Å². The highest BCUT2D eigenvalue weighted by Gasteiger charge is 2.03. The zero-order chi connectivity index (χ0) is 11.8. The Morgan fingerprint density at radius 1 is 1.44 bits per heavy atom. The molecule has 16 heavy (non-hydrogen) atoms. The topological polar surface area (TPSA) is 30.5 Å². The Labute approximate surface area is 113 Å². The van der Waals surface area contributed by atoms with Crippen LogP contribution in [-0.4, -0.2) is 33.5 Å². The van der Waals surface area contributed by atoms with E-state index in [0.717, 1.165) is 21.9 Å². The first kappa shape index (κ1) is 14.4. The third kappa shape index (κ3) is 5.61. The lowest BCUT2D eigenvalue weighted by atomic mass is 10.4. The minimum absolute atomic E-state index is 0.646. The van der Waals surface area contributed by atoms with E-state index in [1.165, 1.54) is 4.88 Å². The van der Waals surface area contributed by atoms with Gasteiger partial charge in [-0.05, 0) is 22.0 Å². The fraction of sp³-hybridized carbons (Fsp3) is 0.600. The van der Waals surface area contributed by atoms with Crippen molar-refractivity contribution in [2.75, 3.05) is 33.5 Å². The zero-order valence-electron chi connectivity index (χ0n) is 9.09. The van der Waals surface area contributed by atoms with Crippen LogP contribution in [0.15, 0.2) is 10.5 Å². The molecular formula is C10H15BrClNO2S. The van der Waals surface area contributed by atoms with Gasteiger partial charge in [0, 0.05) is 29.5 Å². The van der Waals surface area contributed by atoms with Crippen molar-refractivity contribution in [1.82, 2.24) is 5.32 Å². The molecule has 0 spiro atoms. The van der Waals surface area contributed by atoms with E-state index < -0.39 is 0 Å². The van der Waals surface area contributed by atoms with E-state index in [1.807, 2.05) is 6.07 Å². The number of rotatable bonds is 8. The predicted octanol–water partition coefficient (Wildman–Crippen LogP) is 2.92. The van der Waals surface area contributed by atoms with Crippen molar-refractivity contribution in [2.24, 2.45) is 0 Å². The molecule has 0 saturated heterocycles. The molecule has 0 aliphatic heterocycles. The molecule has 0 aromatic carbocycles. The second kappa shape index (κ2) is 8.44. The molecule has 1 N–H and O–H groups in total. The van der Waals surface area contributed by atoms with Crippen LogP contribution in [0.2, 0.25) is 4.34 Å². The van der Waals surface area contributed by atoms with Gasteiger partial charge in [0.25, 0.3) is 0 Å². The molecule has 3 nitrogen and oxygen atoms in total. The Morgan fingerprint density at radius 3 is 2.88 bits per heavy atom. The van der Waals surface area contributed by atoms with Crippen LogP contribution >= 0.6 is 38.9 Å². The summed E-state index contributed by atoms with van der Waals surface area (Å²) in [5.41, 5.74) is 0. The third-order valence-electron chi connectivity index (χ3n) is 1.85. The molecule has 0 fully saturated rings. The smallest absolute Gasteiger partial charge is 0.107 e. The quantitative estimate of drug-likeness (QED) is 0.744. The van der Waals surface area contributed by atoms with Crippen molar-refractivity contribution in [3.63, 3.8) is 0 Å². The normalized spacial score (nSPS) is 10.9. The fourth-order valence-electron chi connectivity index (χ4n) is 1.08. The first-order chi connectivity index (χ1) is 7.74. The summed E-state index contributed by atoms with van der Waals surface area (Å²) in [5, 5.41) is 3.28. The van der Waals surface area contributed by atoms with Gasteiger partial charge in [0.05, 0.1) is 19.8 Å². The van der Waals surface area contributed by atoms with Crippen LogP contribution in [0.5, 0.6) is 0 Å². The lowest BCUT2D eigenvalue weighted by Crippen LogP contribution is -2.19. The highest BCUT2D eigenvalue weighted by atomic mass is 79.9. The fourth-order valence-corrected chi connectivity index (χ4v) is 2.84. The summed E-state index contributed by atoms with van der Waals surface area (Å²) in [6, 6.07) is 2.03. The molecule has 0 amide bonds. The van der Waals surface area contributed by atoms with Crippen LogP contribution in [0, 0.1) is 0 Å². The molecule has 92 valence electrons. The van der Waals surface area contributed by atoms with Gasteiger partial charge in [-0.2, -0.15) is 0 Å². The summed E-state index contributed by atoms with van der Waals surface area (Å²) in [6.07, 6.45) is 0. The molecule has 1 aromatic heterocycles. The molecule has 1 heterocycles. The monoisotopic (exact) mass is 327 g/mol. The maximum atomic E-state index is 5.93. The Hall–Kier alpha value is 0.350. The molecule has 0 aliphatic carbocycles. The van der Waals surface area contributed by atoms with E-state index in [-0.39, 0.29) is 0 Å². The summed E-state index contributed by atoms with van der Waals surface area (Å²) >= 11 is 10.9. The molecular weight excluding hydrogens is 314 g/mol. The second-order valence-corrected chi connectivity index (χ2v) is 5.71. The minimum atomic E-state index is 0.646. The Morgan fingerprint density at radius 2 is 2.25 bits per heavy atom. The van der Waals surface area contributed by atoms with Gasteiger partial charge in [0.1, 0.15) is 4.34 Å². The largest absolute Gasteiger partial charge is 0.382 e. The van der Waals surface area contributed by atoms with Crippen molar-refractivity contribution in [1.29, 1.82) is 0 Å². The van der Waals surface area contributed by atoms with Crippen LogP contribution in [-0.2, 0) is 16.0 Å². The number of thiophene rings is 1. The molecule has 0 atom stereocenters. The van der Waals surface area contributed by atoms with Gasteiger partial charge in [-0.15, -0.1) is 11.3 Å². The standard InChI is InChI=1S/C10H15BrClNO2S/c1-14-4-5-15-3-2-13-7-8-6-9(11)10(12)16-8/h6,13H,2-5,7H2,1H3. The van der Waals surface area contributed by atoms with E-state index in [0.29, 0.717) is 19.8 Å². The first-order valence-corrected chi connectivity index (χ1v) is 6.94. The van der Waals surface area contributed by atoms with Crippen LogP contribution in [0.3, 0.4) is 0 Å². The van der Waals surface area contributed by atoms with Crippen molar-refractivity contribution < 1.29 is 9.47 Å². The van der Waals surface area contributed by atoms with Crippen LogP contribution < -0.4 is 5.32 Å². The molecule has 6 heteroatoms. The number of halogens is 2. The van der Waals surface area contributed by atoms with Gasteiger partial charge in [-0.1, -0.05) is 11.6 Å². The van der Waals surface area contributed by atoms with Gasteiger partial charge < -0.3 is 14.8 Å². The highest BCUT2D eigenvalue weighted by molar-refractivity contribution is 9.10. The lowest BCUT2D eigenvalue weighted by Gasteiger charge is -2.04. The maximum absolute atomic E-state index is 5.93. The van der Waals surface area contributed by atoms with E-state index in [2.05, 4.69) is 21.2 Å². The Kier molecular flexibility index (Phi) is 7.60. The van der Waals surface area contributed by atoms with Gasteiger partial charge in [0.15, 0.2) is 0 Å². The van der Waals surface area contributed by atoms with E-state index >= 15 is 0 Å². The molecule has 0 aliphatic rings. The van der Waals surface area contributed by atoms with Crippen molar-refractivity contribution in [3.8, 4) is 0 Å². The van der Waals surface area contributed by atoms with E-state index in [9.17, 15) is 0 Å². The van der Waals surface area contributed by atoms with E-state index in [1.54, 1.807) is 18.4 Å². The summed E-state index contributed by atoms with van der Waals surface area (Å²) in [4.78, 5) is 1.22. The first-order valence-electron chi connectivity index (χ1n) is 4.95. The van der Waals surface area contributed by atoms with Crippen LogP contribution in [0.4, 0.5) is 0 Å². The number of methoxy groups -OCH3 is 1. The Balaban J connectivity index is 2.03. The number of nitrogens with one attached hydrogen (secondary N) is 1.